The van der Waals surface area contributed by atoms with Crippen LogP contribution in [-0.4, -0.2) is 66.8 Å². The molecule has 2 saturated heterocycles. The molecule has 0 bridgehead atoms. The third-order valence-corrected chi connectivity index (χ3v) is 7.38. The van der Waals surface area contributed by atoms with Gasteiger partial charge < -0.3 is 20.0 Å². The van der Waals surface area contributed by atoms with Crippen LogP contribution in [0.2, 0.25) is 0 Å². The molecule has 0 aliphatic carbocycles. The highest BCUT2D eigenvalue weighted by molar-refractivity contribution is 5.94. The summed E-state index contributed by atoms with van der Waals surface area (Å²) in [5, 5.41) is 5.96. The summed E-state index contributed by atoms with van der Waals surface area (Å²) in [5.74, 6) is 0.857. The fourth-order valence-electron chi connectivity index (χ4n) is 5.30. The number of nitrogens with zero attached hydrogens (tertiary/aromatic N) is 2. The van der Waals surface area contributed by atoms with E-state index >= 15 is 0 Å². The van der Waals surface area contributed by atoms with Gasteiger partial charge >= 0.3 is 0 Å². The zero-order chi connectivity index (χ0) is 26.0. The van der Waals surface area contributed by atoms with E-state index in [4.69, 9.17) is 4.42 Å². The molecule has 4 rings (SSSR count). The second-order valence-corrected chi connectivity index (χ2v) is 10.1. The molecule has 2 fully saturated rings. The molecule has 1 unspecified atom stereocenters. The van der Waals surface area contributed by atoms with Gasteiger partial charge in [0.1, 0.15) is 5.76 Å². The Labute approximate surface area is 219 Å². The van der Waals surface area contributed by atoms with Gasteiger partial charge in [-0.1, -0.05) is 37.3 Å². The zero-order valence-corrected chi connectivity index (χ0v) is 22.0. The summed E-state index contributed by atoms with van der Waals surface area (Å²) in [4.78, 5) is 42.7. The van der Waals surface area contributed by atoms with Gasteiger partial charge in [-0.25, -0.2) is 0 Å². The molecule has 8 nitrogen and oxygen atoms in total. The minimum atomic E-state index is -0.280. The topological polar surface area (TPSA) is 94.9 Å². The van der Waals surface area contributed by atoms with Crippen LogP contribution in [0.3, 0.4) is 0 Å². The van der Waals surface area contributed by atoms with Crippen LogP contribution in [0.5, 0.6) is 0 Å². The smallest absolute Gasteiger partial charge is 0.290 e. The van der Waals surface area contributed by atoms with E-state index in [0.717, 1.165) is 43.8 Å². The average Bonchev–Trinajstić information content (AvgIpc) is 3.57. The van der Waals surface area contributed by atoms with Gasteiger partial charge in [0.2, 0.25) is 11.8 Å². The molecule has 8 heteroatoms. The molecule has 1 aromatic heterocycles. The standard InChI is InChI=1S/C29H40N4O4/c1-2-25-24(20-32-16-6-7-17-32)19-26(37-25)29(36)33-18-8-14-30-27(34)12-11-23(13-15-31-28(35)21-33)22-9-4-3-5-10-22/h3-5,9-10,19,23H,2,6-8,11-18,20-21H2,1H3,(H,30,34)(H,31,35). The van der Waals surface area contributed by atoms with Crippen molar-refractivity contribution in [3.63, 3.8) is 0 Å². The lowest BCUT2D eigenvalue weighted by atomic mass is 9.91. The number of carbonyl (C=O) groups is 3. The van der Waals surface area contributed by atoms with E-state index in [1.54, 1.807) is 4.90 Å². The SMILES string of the molecule is CCc1oc(C(=O)N2CCCNC(=O)CCC(c3ccccc3)CCNC(=O)C2)cc1CN1CCCC1. The van der Waals surface area contributed by atoms with Crippen LogP contribution in [-0.2, 0) is 22.6 Å². The van der Waals surface area contributed by atoms with Crippen molar-refractivity contribution in [3.05, 3.63) is 59.0 Å². The second kappa shape index (κ2) is 13.4. The van der Waals surface area contributed by atoms with Gasteiger partial charge in [0.05, 0.1) is 6.54 Å². The monoisotopic (exact) mass is 508 g/mol. The molecule has 0 saturated carbocycles. The number of hydrogen-bond donors (Lipinski definition) is 2. The Balaban J connectivity index is 1.44. The third-order valence-electron chi connectivity index (χ3n) is 7.38. The molecular weight excluding hydrogens is 468 g/mol. The summed E-state index contributed by atoms with van der Waals surface area (Å²) in [6, 6.07) is 12.0. The van der Waals surface area contributed by atoms with Crippen molar-refractivity contribution < 1.29 is 18.8 Å². The molecule has 37 heavy (non-hydrogen) atoms. The van der Waals surface area contributed by atoms with Crippen LogP contribution >= 0.6 is 0 Å². The van der Waals surface area contributed by atoms with Gasteiger partial charge in [0.25, 0.3) is 5.91 Å². The van der Waals surface area contributed by atoms with Gasteiger partial charge in [-0.2, -0.15) is 0 Å². The van der Waals surface area contributed by atoms with Crippen LogP contribution < -0.4 is 10.6 Å². The molecule has 1 atom stereocenters. The lowest BCUT2D eigenvalue weighted by Crippen LogP contribution is -2.42. The summed E-state index contributed by atoms with van der Waals surface area (Å²) in [7, 11) is 0. The molecule has 0 radical (unpaired) electrons. The van der Waals surface area contributed by atoms with Crippen molar-refractivity contribution in [2.45, 2.75) is 64.3 Å². The molecule has 3 heterocycles. The number of furan rings is 1. The van der Waals surface area contributed by atoms with E-state index in [0.29, 0.717) is 38.9 Å². The summed E-state index contributed by atoms with van der Waals surface area (Å²) in [6.45, 7) is 6.23. The van der Waals surface area contributed by atoms with E-state index in [1.807, 2.05) is 31.2 Å². The first-order valence-corrected chi connectivity index (χ1v) is 13.7. The molecular formula is C29H40N4O4. The average molecular weight is 509 g/mol. The molecule has 3 amide bonds. The number of aryl methyl sites for hydroxylation is 1. The first-order valence-electron chi connectivity index (χ1n) is 13.7. The van der Waals surface area contributed by atoms with Gasteiger partial charge in [-0.15, -0.1) is 0 Å². The van der Waals surface area contributed by atoms with Crippen molar-refractivity contribution >= 4 is 17.7 Å². The largest absolute Gasteiger partial charge is 0.456 e. The lowest BCUT2D eigenvalue weighted by Gasteiger charge is -2.23. The number of rotatable bonds is 5. The summed E-state index contributed by atoms with van der Waals surface area (Å²) >= 11 is 0. The maximum Gasteiger partial charge on any atom is 0.290 e. The fraction of sp³-hybridized carbons (Fsp3) is 0.552. The molecule has 2 aliphatic rings. The van der Waals surface area contributed by atoms with Crippen LogP contribution in [0, 0.1) is 0 Å². The van der Waals surface area contributed by atoms with E-state index in [-0.39, 0.29) is 35.9 Å². The molecule has 200 valence electrons. The molecule has 2 aromatic rings. The van der Waals surface area contributed by atoms with E-state index < -0.39 is 0 Å². The Hall–Kier alpha value is -3.13. The van der Waals surface area contributed by atoms with E-state index in [2.05, 4.69) is 27.7 Å². The maximum absolute atomic E-state index is 13.5. The summed E-state index contributed by atoms with van der Waals surface area (Å²) in [5.41, 5.74) is 2.22. The Kier molecular flexibility index (Phi) is 9.77. The van der Waals surface area contributed by atoms with Gasteiger partial charge in [0.15, 0.2) is 5.76 Å². The van der Waals surface area contributed by atoms with Crippen molar-refractivity contribution in [2.75, 3.05) is 39.3 Å². The first-order chi connectivity index (χ1) is 18.0. The Morgan fingerprint density at radius 2 is 1.73 bits per heavy atom. The van der Waals surface area contributed by atoms with Gasteiger partial charge in [-0.05, 0) is 62.7 Å². The molecule has 1 aromatic carbocycles. The Bertz CT molecular complexity index is 1050. The highest BCUT2D eigenvalue weighted by Gasteiger charge is 2.25. The Morgan fingerprint density at radius 3 is 2.49 bits per heavy atom. The number of carbonyl (C=O) groups excluding carboxylic acids is 3. The van der Waals surface area contributed by atoms with E-state index in [9.17, 15) is 14.4 Å². The minimum Gasteiger partial charge on any atom is -0.456 e. The normalized spacial score (nSPS) is 20.8. The second-order valence-electron chi connectivity index (χ2n) is 10.1. The zero-order valence-electron chi connectivity index (χ0n) is 22.0. The number of hydrogen-bond acceptors (Lipinski definition) is 5. The number of nitrogens with one attached hydrogen (secondary N) is 2. The fourth-order valence-corrected chi connectivity index (χ4v) is 5.30. The van der Waals surface area contributed by atoms with Crippen LogP contribution in [0.25, 0.3) is 0 Å². The maximum atomic E-state index is 13.5. The third kappa shape index (κ3) is 7.68. The van der Waals surface area contributed by atoms with Crippen molar-refractivity contribution in [1.82, 2.24) is 20.4 Å². The minimum absolute atomic E-state index is 0.0186. The molecule has 2 aliphatic heterocycles. The van der Waals surface area contributed by atoms with Gasteiger partial charge in [0, 0.05) is 44.6 Å². The summed E-state index contributed by atoms with van der Waals surface area (Å²) < 4.78 is 5.99. The van der Waals surface area contributed by atoms with Crippen molar-refractivity contribution in [3.8, 4) is 0 Å². The van der Waals surface area contributed by atoms with Crippen LogP contribution in [0.1, 0.15) is 78.8 Å². The highest BCUT2D eigenvalue weighted by atomic mass is 16.4. The predicted octanol–water partition coefficient (Wildman–Crippen LogP) is 3.47. The molecule has 0 spiro atoms. The van der Waals surface area contributed by atoms with Crippen LogP contribution in [0.15, 0.2) is 40.8 Å². The summed E-state index contributed by atoms with van der Waals surface area (Å²) in [6.07, 6.45) is 5.58. The van der Waals surface area contributed by atoms with Crippen LogP contribution in [0.4, 0.5) is 0 Å². The number of amides is 3. The molecule has 2 N–H and O–H groups in total. The Morgan fingerprint density at radius 1 is 0.973 bits per heavy atom. The lowest BCUT2D eigenvalue weighted by molar-refractivity contribution is -0.123. The predicted molar refractivity (Wildman–Crippen MR) is 142 cm³/mol. The quantitative estimate of drug-likeness (QED) is 0.645. The van der Waals surface area contributed by atoms with Crippen molar-refractivity contribution in [1.29, 1.82) is 0 Å². The van der Waals surface area contributed by atoms with Gasteiger partial charge in [-0.3, -0.25) is 19.3 Å². The highest BCUT2D eigenvalue weighted by Crippen LogP contribution is 2.25. The first kappa shape index (κ1) is 26.9. The van der Waals surface area contributed by atoms with E-state index in [1.165, 1.54) is 18.4 Å². The number of benzene rings is 1. The number of likely N-dealkylation sites (tertiary alicyclic amines) is 1. The van der Waals surface area contributed by atoms with Crippen molar-refractivity contribution in [2.24, 2.45) is 0 Å².